The van der Waals surface area contributed by atoms with Crippen LogP contribution >= 0.6 is 0 Å². The first-order valence-corrected chi connectivity index (χ1v) is 7.68. The van der Waals surface area contributed by atoms with Gasteiger partial charge in [0, 0.05) is 24.0 Å². The van der Waals surface area contributed by atoms with Crippen LogP contribution in [-0.2, 0) is 4.79 Å². The predicted octanol–water partition coefficient (Wildman–Crippen LogP) is 1.29. The molecule has 2 aliphatic rings. The van der Waals surface area contributed by atoms with Gasteiger partial charge in [0.1, 0.15) is 0 Å². The summed E-state index contributed by atoms with van der Waals surface area (Å²) in [5.74, 6) is 0.825. The van der Waals surface area contributed by atoms with Crippen LogP contribution in [-0.4, -0.2) is 36.8 Å². The van der Waals surface area contributed by atoms with Gasteiger partial charge in [0.25, 0.3) is 0 Å². The second kappa shape index (κ2) is 6.23. The molecule has 1 amide bonds. The first-order chi connectivity index (χ1) is 9.05. The van der Waals surface area contributed by atoms with Crippen LogP contribution in [0.5, 0.6) is 0 Å². The van der Waals surface area contributed by atoms with Gasteiger partial charge in [0.2, 0.25) is 5.91 Å². The van der Waals surface area contributed by atoms with E-state index in [1.807, 2.05) is 0 Å². The zero-order valence-corrected chi connectivity index (χ0v) is 12.2. The van der Waals surface area contributed by atoms with E-state index in [0.717, 1.165) is 45.2 Å². The highest BCUT2D eigenvalue weighted by atomic mass is 16.3. The minimum absolute atomic E-state index is 0.159. The Bertz CT molecular complexity index is 311. The number of nitrogens with one attached hydrogen (secondary N) is 2. The summed E-state index contributed by atoms with van der Waals surface area (Å²) in [5.41, 5.74) is -0.323. The van der Waals surface area contributed by atoms with Crippen molar-refractivity contribution in [2.75, 3.05) is 19.7 Å². The van der Waals surface area contributed by atoms with E-state index in [1.165, 1.54) is 0 Å². The van der Waals surface area contributed by atoms with Crippen molar-refractivity contribution in [1.29, 1.82) is 0 Å². The Morgan fingerprint density at radius 3 is 2.74 bits per heavy atom. The van der Waals surface area contributed by atoms with Gasteiger partial charge in [-0.05, 0) is 44.7 Å². The van der Waals surface area contributed by atoms with Gasteiger partial charge < -0.3 is 15.7 Å². The molecule has 3 N–H and O–H groups in total. The maximum Gasteiger partial charge on any atom is 0.226 e. The third-order valence-electron chi connectivity index (χ3n) is 5.11. The molecule has 4 heteroatoms. The van der Waals surface area contributed by atoms with Crippen LogP contribution < -0.4 is 10.6 Å². The molecule has 1 aliphatic heterocycles. The van der Waals surface area contributed by atoms with Gasteiger partial charge in [-0.1, -0.05) is 20.3 Å². The van der Waals surface area contributed by atoms with Crippen molar-refractivity contribution in [2.45, 2.75) is 52.0 Å². The Balaban J connectivity index is 1.93. The SMILES string of the molecule is CC(C)(C(=O)NC1CCCC1CO)C1CCCNC1. The summed E-state index contributed by atoms with van der Waals surface area (Å²) in [4.78, 5) is 12.6. The molecule has 0 aromatic heterocycles. The largest absolute Gasteiger partial charge is 0.396 e. The number of amides is 1. The normalized spacial score (nSPS) is 32.3. The van der Waals surface area contributed by atoms with Crippen molar-refractivity contribution in [3.8, 4) is 0 Å². The minimum atomic E-state index is -0.323. The predicted molar refractivity (Wildman–Crippen MR) is 75.7 cm³/mol. The molecule has 2 rings (SSSR count). The highest BCUT2D eigenvalue weighted by Gasteiger charge is 2.39. The molecule has 1 aliphatic carbocycles. The Hall–Kier alpha value is -0.610. The quantitative estimate of drug-likeness (QED) is 0.720. The molecule has 0 spiro atoms. The highest BCUT2D eigenvalue weighted by Crippen LogP contribution is 2.33. The van der Waals surface area contributed by atoms with E-state index in [1.54, 1.807) is 0 Å². The monoisotopic (exact) mass is 268 g/mol. The molecule has 0 radical (unpaired) electrons. The fourth-order valence-corrected chi connectivity index (χ4v) is 3.45. The van der Waals surface area contributed by atoms with Gasteiger partial charge in [-0.25, -0.2) is 0 Å². The first-order valence-electron chi connectivity index (χ1n) is 7.68. The third kappa shape index (κ3) is 3.29. The van der Waals surface area contributed by atoms with E-state index < -0.39 is 0 Å². The van der Waals surface area contributed by atoms with Gasteiger partial charge in [-0.15, -0.1) is 0 Å². The van der Waals surface area contributed by atoms with Crippen molar-refractivity contribution in [3.63, 3.8) is 0 Å². The summed E-state index contributed by atoms with van der Waals surface area (Å²) in [5, 5.41) is 15.9. The first kappa shape index (κ1) is 14.8. The number of piperidine rings is 1. The number of aliphatic hydroxyl groups excluding tert-OH is 1. The average Bonchev–Trinajstić information content (AvgIpc) is 2.87. The van der Waals surface area contributed by atoms with Crippen LogP contribution in [0.3, 0.4) is 0 Å². The van der Waals surface area contributed by atoms with E-state index >= 15 is 0 Å². The summed E-state index contributed by atoms with van der Waals surface area (Å²) >= 11 is 0. The van der Waals surface area contributed by atoms with Crippen molar-refractivity contribution in [1.82, 2.24) is 10.6 Å². The minimum Gasteiger partial charge on any atom is -0.396 e. The molecular weight excluding hydrogens is 240 g/mol. The van der Waals surface area contributed by atoms with Gasteiger partial charge in [-0.2, -0.15) is 0 Å². The van der Waals surface area contributed by atoms with Gasteiger partial charge in [0.15, 0.2) is 0 Å². The lowest BCUT2D eigenvalue weighted by Gasteiger charge is -2.37. The summed E-state index contributed by atoms with van der Waals surface area (Å²) in [6.07, 6.45) is 5.44. The fraction of sp³-hybridized carbons (Fsp3) is 0.933. The van der Waals surface area contributed by atoms with Crippen molar-refractivity contribution >= 4 is 5.91 Å². The molecule has 3 unspecified atom stereocenters. The van der Waals surface area contributed by atoms with Crippen molar-refractivity contribution < 1.29 is 9.90 Å². The molecule has 3 atom stereocenters. The average molecular weight is 268 g/mol. The van der Waals surface area contributed by atoms with E-state index in [-0.39, 0.29) is 29.9 Å². The lowest BCUT2D eigenvalue weighted by atomic mass is 9.74. The maximum absolute atomic E-state index is 12.6. The molecule has 110 valence electrons. The molecule has 19 heavy (non-hydrogen) atoms. The zero-order valence-electron chi connectivity index (χ0n) is 12.2. The van der Waals surface area contributed by atoms with Crippen molar-refractivity contribution in [2.24, 2.45) is 17.3 Å². The molecule has 0 aromatic rings. The molecule has 0 bridgehead atoms. The van der Waals surface area contributed by atoms with E-state index in [9.17, 15) is 9.90 Å². The Morgan fingerprint density at radius 1 is 1.32 bits per heavy atom. The van der Waals surface area contributed by atoms with E-state index in [0.29, 0.717) is 5.92 Å². The van der Waals surface area contributed by atoms with Crippen LogP contribution in [0.4, 0.5) is 0 Å². The molecule has 1 saturated carbocycles. The maximum atomic E-state index is 12.6. The summed E-state index contributed by atoms with van der Waals surface area (Å²) in [6, 6.07) is 0.174. The molecule has 2 fully saturated rings. The second-order valence-corrected chi connectivity index (χ2v) is 6.72. The molecule has 0 aromatic carbocycles. The number of aliphatic hydroxyl groups is 1. The third-order valence-corrected chi connectivity index (χ3v) is 5.11. The smallest absolute Gasteiger partial charge is 0.226 e. The second-order valence-electron chi connectivity index (χ2n) is 6.72. The number of hydrogen-bond donors (Lipinski definition) is 3. The fourth-order valence-electron chi connectivity index (χ4n) is 3.45. The standard InChI is InChI=1S/C15H28N2O2/c1-15(2,12-6-4-8-16-9-12)14(19)17-13-7-3-5-11(13)10-18/h11-13,16,18H,3-10H2,1-2H3,(H,17,19). The topological polar surface area (TPSA) is 61.4 Å². The van der Waals surface area contributed by atoms with Crippen LogP contribution in [0.1, 0.15) is 46.0 Å². The van der Waals surface area contributed by atoms with Gasteiger partial charge in [-0.3, -0.25) is 4.79 Å². The summed E-state index contributed by atoms with van der Waals surface area (Å²) < 4.78 is 0. The van der Waals surface area contributed by atoms with Crippen LogP contribution in [0.2, 0.25) is 0 Å². The Morgan fingerprint density at radius 2 is 2.11 bits per heavy atom. The van der Waals surface area contributed by atoms with Gasteiger partial charge >= 0.3 is 0 Å². The molecule has 1 heterocycles. The van der Waals surface area contributed by atoms with Crippen LogP contribution in [0.15, 0.2) is 0 Å². The summed E-state index contributed by atoms with van der Waals surface area (Å²) in [6.45, 7) is 6.32. The lowest BCUT2D eigenvalue weighted by Crippen LogP contribution is -2.50. The van der Waals surface area contributed by atoms with E-state index in [4.69, 9.17) is 0 Å². The molecule has 4 nitrogen and oxygen atoms in total. The Labute approximate surface area is 116 Å². The number of hydrogen-bond acceptors (Lipinski definition) is 3. The van der Waals surface area contributed by atoms with Gasteiger partial charge in [0.05, 0.1) is 0 Å². The van der Waals surface area contributed by atoms with Crippen LogP contribution in [0, 0.1) is 17.3 Å². The number of carbonyl (C=O) groups is 1. The van der Waals surface area contributed by atoms with Crippen LogP contribution in [0.25, 0.3) is 0 Å². The lowest BCUT2D eigenvalue weighted by molar-refractivity contribution is -0.133. The molecular formula is C15H28N2O2. The Kier molecular flexibility index (Phi) is 4.85. The summed E-state index contributed by atoms with van der Waals surface area (Å²) in [7, 11) is 0. The van der Waals surface area contributed by atoms with Crippen molar-refractivity contribution in [3.05, 3.63) is 0 Å². The van der Waals surface area contributed by atoms with E-state index in [2.05, 4.69) is 24.5 Å². The highest BCUT2D eigenvalue weighted by molar-refractivity contribution is 5.82. The number of rotatable bonds is 4. The number of carbonyl (C=O) groups excluding carboxylic acids is 1. The zero-order chi connectivity index (χ0) is 13.9. The molecule has 1 saturated heterocycles.